The number of thioether (sulfide) groups is 1. The van der Waals surface area contributed by atoms with Gasteiger partial charge in [0.1, 0.15) is 11.5 Å². The van der Waals surface area contributed by atoms with Crippen molar-refractivity contribution in [2.75, 3.05) is 11.9 Å². The fourth-order valence-corrected chi connectivity index (χ4v) is 4.92. The predicted molar refractivity (Wildman–Crippen MR) is 168 cm³/mol. The van der Waals surface area contributed by atoms with Gasteiger partial charge in [0.15, 0.2) is 11.8 Å². The summed E-state index contributed by atoms with van der Waals surface area (Å²) in [5.41, 5.74) is 2.29. The van der Waals surface area contributed by atoms with Gasteiger partial charge < -0.3 is 14.5 Å². The number of para-hydroxylation sites is 1. The topological polar surface area (TPSA) is 96.5 Å². The Bertz CT molecular complexity index is 1650. The van der Waals surface area contributed by atoms with E-state index in [2.05, 4.69) is 15.5 Å². The van der Waals surface area contributed by atoms with Crippen molar-refractivity contribution in [3.8, 4) is 5.75 Å². The molecule has 8 nitrogen and oxygen atoms in total. The van der Waals surface area contributed by atoms with Crippen molar-refractivity contribution in [3.05, 3.63) is 130 Å². The molecule has 0 radical (unpaired) electrons. The Balaban J connectivity index is 1.31. The number of carbonyl (C=O) groups is 2. The average molecular weight is 597 g/mol. The van der Waals surface area contributed by atoms with Gasteiger partial charge in [-0.25, -0.2) is 0 Å². The van der Waals surface area contributed by atoms with Gasteiger partial charge in [-0.2, -0.15) is 5.10 Å². The minimum atomic E-state index is -0.329. The van der Waals surface area contributed by atoms with Gasteiger partial charge in [-0.3, -0.25) is 14.5 Å². The molecule has 5 rings (SSSR count). The molecular formula is C32H25ClN4O4S. The van der Waals surface area contributed by atoms with Crippen LogP contribution < -0.4 is 10.1 Å². The highest BCUT2D eigenvalue weighted by molar-refractivity contribution is 8.18. The molecule has 3 aromatic carbocycles. The second-order valence-corrected chi connectivity index (χ2v) is 10.3. The Hall–Kier alpha value is -4.86. The number of ether oxygens (including phenoxy) is 1. The molecule has 1 aliphatic rings. The van der Waals surface area contributed by atoms with Crippen molar-refractivity contribution in [1.82, 2.24) is 4.90 Å². The molecule has 0 atom stereocenters. The van der Waals surface area contributed by atoms with E-state index in [-0.39, 0.29) is 25.0 Å². The highest BCUT2D eigenvalue weighted by atomic mass is 35.5. The van der Waals surface area contributed by atoms with E-state index in [1.807, 2.05) is 48.5 Å². The summed E-state index contributed by atoms with van der Waals surface area (Å²) in [6.07, 6.45) is 8.53. The zero-order valence-electron chi connectivity index (χ0n) is 22.2. The van der Waals surface area contributed by atoms with E-state index in [0.717, 1.165) is 5.56 Å². The third-order valence-electron chi connectivity index (χ3n) is 5.86. The van der Waals surface area contributed by atoms with Crippen LogP contribution >= 0.6 is 23.4 Å². The second kappa shape index (κ2) is 14.2. The van der Waals surface area contributed by atoms with Crippen molar-refractivity contribution in [3.63, 3.8) is 0 Å². The SMILES string of the molecule is O=C(COc1ccccc1/C=C1\S\C(=N/N=C/C=C/c2ccccc2)N(Cc2ccco2)C1=O)Nc1ccc(Cl)cc1. The minimum absolute atomic E-state index is 0.202. The molecule has 0 aliphatic carbocycles. The van der Waals surface area contributed by atoms with Crippen molar-refractivity contribution in [2.45, 2.75) is 6.54 Å². The van der Waals surface area contributed by atoms with Gasteiger partial charge in [-0.1, -0.05) is 66.2 Å². The third kappa shape index (κ3) is 7.87. The molecule has 0 spiro atoms. The first-order valence-electron chi connectivity index (χ1n) is 12.9. The van der Waals surface area contributed by atoms with Gasteiger partial charge in [0.25, 0.3) is 11.8 Å². The van der Waals surface area contributed by atoms with Crippen LogP contribution in [0.25, 0.3) is 12.2 Å². The Morgan fingerprint density at radius 1 is 1.00 bits per heavy atom. The van der Waals surface area contributed by atoms with Crippen LogP contribution in [0.2, 0.25) is 5.02 Å². The number of benzene rings is 3. The lowest BCUT2D eigenvalue weighted by atomic mass is 10.2. The summed E-state index contributed by atoms with van der Waals surface area (Å²) >= 11 is 7.10. The molecule has 10 heteroatoms. The lowest BCUT2D eigenvalue weighted by Crippen LogP contribution is -2.28. The lowest BCUT2D eigenvalue weighted by molar-refractivity contribution is -0.122. The Labute approximate surface area is 252 Å². The Kier molecular flexibility index (Phi) is 9.66. The Morgan fingerprint density at radius 2 is 1.79 bits per heavy atom. The lowest BCUT2D eigenvalue weighted by Gasteiger charge is -2.12. The molecule has 0 bridgehead atoms. The smallest absolute Gasteiger partial charge is 0.267 e. The maximum atomic E-state index is 13.5. The van der Waals surface area contributed by atoms with Crippen LogP contribution in [0, 0.1) is 0 Å². The zero-order valence-corrected chi connectivity index (χ0v) is 23.8. The molecular weight excluding hydrogens is 572 g/mol. The number of amides is 2. The van der Waals surface area contributed by atoms with Crippen molar-refractivity contribution in [1.29, 1.82) is 0 Å². The molecule has 0 unspecified atom stereocenters. The number of amidine groups is 1. The van der Waals surface area contributed by atoms with Gasteiger partial charge in [0, 0.05) is 22.5 Å². The van der Waals surface area contributed by atoms with Gasteiger partial charge in [-0.05, 0) is 71.9 Å². The predicted octanol–water partition coefficient (Wildman–Crippen LogP) is 7.12. The fourth-order valence-electron chi connectivity index (χ4n) is 3.87. The highest BCUT2D eigenvalue weighted by Gasteiger charge is 2.34. The fraction of sp³-hybridized carbons (Fsp3) is 0.0625. The molecule has 1 fully saturated rings. The van der Waals surface area contributed by atoms with Gasteiger partial charge in [-0.15, -0.1) is 5.10 Å². The van der Waals surface area contributed by atoms with Crippen molar-refractivity contribution >= 4 is 64.4 Å². The van der Waals surface area contributed by atoms with E-state index >= 15 is 0 Å². The number of hydrogen-bond acceptors (Lipinski definition) is 7. The molecule has 0 saturated carbocycles. The summed E-state index contributed by atoms with van der Waals surface area (Å²) < 4.78 is 11.3. The summed E-state index contributed by atoms with van der Waals surface area (Å²) in [7, 11) is 0. The van der Waals surface area contributed by atoms with Crippen LogP contribution in [-0.4, -0.2) is 34.7 Å². The van der Waals surface area contributed by atoms with E-state index in [0.29, 0.717) is 37.9 Å². The van der Waals surface area contributed by atoms with E-state index in [1.165, 1.54) is 16.7 Å². The monoisotopic (exact) mass is 596 g/mol. The number of halogens is 1. The number of nitrogens with one attached hydrogen (secondary N) is 1. The largest absolute Gasteiger partial charge is 0.483 e. The zero-order chi connectivity index (χ0) is 29.1. The van der Waals surface area contributed by atoms with Crippen LogP contribution in [0.5, 0.6) is 5.75 Å². The molecule has 1 saturated heterocycles. The molecule has 1 N–H and O–H groups in total. The molecule has 2 amide bonds. The molecule has 4 aromatic rings. The first-order chi connectivity index (χ1) is 20.5. The van der Waals surface area contributed by atoms with Gasteiger partial charge in [0.05, 0.1) is 17.7 Å². The second-order valence-electron chi connectivity index (χ2n) is 8.88. The molecule has 2 heterocycles. The number of nitrogens with zero attached hydrogens (tertiary/aromatic N) is 3. The summed E-state index contributed by atoms with van der Waals surface area (Å²) in [6.45, 7) is -0.0140. The number of allylic oxidation sites excluding steroid dienone is 1. The van der Waals surface area contributed by atoms with Crippen LogP contribution in [-0.2, 0) is 16.1 Å². The van der Waals surface area contributed by atoms with Crippen molar-refractivity contribution in [2.24, 2.45) is 10.2 Å². The van der Waals surface area contributed by atoms with Crippen LogP contribution in [0.1, 0.15) is 16.9 Å². The van der Waals surface area contributed by atoms with E-state index in [1.54, 1.807) is 73.2 Å². The maximum Gasteiger partial charge on any atom is 0.267 e. The maximum absolute atomic E-state index is 13.5. The molecule has 1 aliphatic heterocycles. The number of anilines is 1. The summed E-state index contributed by atoms with van der Waals surface area (Å²) in [5.74, 6) is 0.489. The van der Waals surface area contributed by atoms with Gasteiger partial charge in [0.2, 0.25) is 0 Å². The number of rotatable bonds is 10. The van der Waals surface area contributed by atoms with Crippen LogP contribution in [0.4, 0.5) is 5.69 Å². The first kappa shape index (κ1) is 28.7. The minimum Gasteiger partial charge on any atom is -0.483 e. The summed E-state index contributed by atoms with van der Waals surface area (Å²) in [6, 6.07) is 27.4. The molecule has 210 valence electrons. The standard InChI is InChI=1S/C32H25ClN4O4S/c33-25-14-16-26(17-15-25)35-30(38)22-41-28-13-5-4-11-24(28)20-29-31(39)37(21-27-12-7-19-40-27)32(42-29)36-34-18-6-10-23-8-2-1-3-9-23/h1-20H,21-22H2,(H,35,38)/b10-6+,29-20-,34-18+,36-32-. The van der Waals surface area contributed by atoms with Crippen LogP contribution in [0.15, 0.2) is 123 Å². The van der Waals surface area contributed by atoms with Gasteiger partial charge >= 0.3 is 0 Å². The van der Waals surface area contributed by atoms with E-state index in [4.69, 9.17) is 20.8 Å². The number of carbonyl (C=O) groups excluding carboxylic acids is 2. The quantitative estimate of drug-likeness (QED) is 0.119. The molecule has 42 heavy (non-hydrogen) atoms. The van der Waals surface area contributed by atoms with Crippen LogP contribution in [0.3, 0.4) is 0 Å². The normalized spacial score (nSPS) is 15.4. The summed E-state index contributed by atoms with van der Waals surface area (Å²) in [5, 5.41) is 12.2. The highest BCUT2D eigenvalue weighted by Crippen LogP contribution is 2.35. The number of hydrogen-bond donors (Lipinski definition) is 1. The van der Waals surface area contributed by atoms with E-state index in [9.17, 15) is 9.59 Å². The third-order valence-corrected chi connectivity index (χ3v) is 7.11. The molecule has 1 aromatic heterocycles. The van der Waals surface area contributed by atoms with Crippen molar-refractivity contribution < 1.29 is 18.7 Å². The Morgan fingerprint density at radius 3 is 2.57 bits per heavy atom. The first-order valence-corrected chi connectivity index (χ1v) is 14.1. The number of furan rings is 1. The summed E-state index contributed by atoms with van der Waals surface area (Å²) in [4.78, 5) is 27.8. The average Bonchev–Trinajstić information content (AvgIpc) is 3.62. The van der Waals surface area contributed by atoms with E-state index < -0.39 is 0 Å².